The van der Waals surface area contributed by atoms with Crippen molar-refractivity contribution < 1.29 is 35.1 Å². The highest BCUT2D eigenvalue weighted by atomic mass is 16.7. The number of carboxylic acids is 1. The van der Waals surface area contributed by atoms with Gasteiger partial charge in [-0.1, -0.05) is 90.4 Å². The van der Waals surface area contributed by atoms with Crippen LogP contribution in [0.15, 0.2) is 0 Å². The van der Waals surface area contributed by atoms with Crippen LogP contribution in [0.1, 0.15) is 103 Å². The average Bonchev–Trinajstić information content (AvgIpc) is 2.69. The van der Waals surface area contributed by atoms with E-state index >= 15 is 0 Å². The van der Waals surface area contributed by atoms with Gasteiger partial charge in [0, 0.05) is 6.42 Å². The van der Waals surface area contributed by atoms with Crippen molar-refractivity contribution in [2.24, 2.45) is 0 Å². The Kier molecular flexibility index (Phi) is 13.0. The maximum atomic E-state index is 11.1. The van der Waals surface area contributed by atoms with E-state index in [1.165, 1.54) is 64.2 Å². The predicted octanol–water partition coefficient (Wildman–Crippen LogP) is 3.11. The van der Waals surface area contributed by atoms with Crippen molar-refractivity contribution in [3.05, 3.63) is 0 Å². The summed E-state index contributed by atoms with van der Waals surface area (Å²) in [4.78, 5) is 11.1. The van der Waals surface area contributed by atoms with Crippen LogP contribution in [-0.2, 0) is 9.53 Å². The molecule has 7 heteroatoms. The summed E-state index contributed by atoms with van der Waals surface area (Å²) in [7, 11) is 0. The van der Waals surface area contributed by atoms with Gasteiger partial charge in [-0.3, -0.25) is 0 Å². The molecular weight excluding hydrogens is 376 g/mol. The predicted molar refractivity (Wildman–Crippen MR) is 110 cm³/mol. The van der Waals surface area contributed by atoms with Gasteiger partial charge in [0.2, 0.25) is 0 Å². The quantitative estimate of drug-likeness (QED) is 0.244. The van der Waals surface area contributed by atoms with E-state index < -0.39 is 36.2 Å². The molecule has 1 saturated heterocycles. The number of carbonyl (C=O) groups is 1. The molecule has 0 bridgehead atoms. The standard InChI is InChI=1S/C22H42O7/c1-2-3-4-5-6-7-8-9-10-11-12-13-14-15-16-22(28)20(25)18(24)17(23)19(29-22)21(26)27/h17-20,23-25,28H,2-16H2,1H3,(H,26,27)/t17-,18-,19-,20+,22+/m0/s1. The van der Waals surface area contributed by atoms with Crippen molar-refractivity contribution in [2.45, 2.75) is 133 Å². The number of aliphatic hydroxyl groups is 4. The third-order valence-electron chi connectivity index (χ3n) is 5.91. The van der Waals surface area contributed by atoms with E-state index in [0.29, 0.717) is 6.42 Å². The zero-order chi connectivity index (χ0) is 21.7. The summed E-state index contributed by atoms with van der Waals surface area (Å²) in [6.45, 7) is 2.24. The average molecular weight is 419 g/mol. The van der Waals surface area contributed by atoms with Crippen LogP contribution in [0.25, 0.3) is 0 Å². The van der Waals surface area contributed by atoms with E-state index in [9.17, 15) is 25.2 Å². The molecule has 0 radical (unpaired) electrons. The minimum absolute atomic E-state index is 0.0136. The highest BCUT2D eigenvalue weighted by molar-refractivity contribution is 5.73. The number of carboxylic acid groups (broad SMARTS) is 1. The largest absolute Gasteiger partial charge is 0.479 e. The SMILES string of the molecule is CCCCCCCCCCCCCCCC[C@@]1(O)O[C@H](C(=O)O)[C@@H](O)[C@H](O)[C@H]1O. The monoisotopic (exact) mass is 418 g/mol. The van der Waals surface area contributed by atoms with Gasteiger partial charge in [0.1, 0.15) is 18.3 Å². The second-order valence-corrected chi connectivity index (χ2v) is 8.49. The molecule has 0 aromatic carbocycles. The lowest BCUT2D eigenvalue weighted by Gasteiger charge is -2.44. The maximum absolute atomic E-state index is 11.1. The summed E-state index contributed by atoms with van der Waals surface area (Å²) in [5, 5.41) is 49.0. The third-order valence-corrected chi connectivity index (χ3v) is 5.91. The van der Waals surface area contributed by atoms with Gasteiger partial charge in [-0.25, -0.2) is 4.79 Å². The lowest BCUT2D eigenvalue weighted by atomic mass is 9.89. The number of aliphatic carboxylic acids is 1. The molecule has 0 amide bonds. The maximum Gasteiger partial charge on any atom is 0.335 e. The fourth-order valence-electron chi connectivity index (χ4n) is 3.97. The molecule has 1 aliphatic heterocycles. The molecule has 1 rings (SSSR count). The third kappa shape index (κ3) is 9.30. The van der Waals surface area contributed by atoms with Gasteiger partial charge in [-0.2, -0.15) is 0 Å². The van der Waals surface area contributed by atoms with Crippen LogP contribution in [0.3, 0.4) is 0 Å². The zero-order valence-corrected chi connectivity index (χ0v) is 18.0. The smallest absolute Gasteiger partial charge is 0.335 e. The summed E-state index contributed by atoms with van der Waals surface area (Å²) in [6.07, 6.45) is 9.53. The number of ether oxygens (including phenoxy) is 1. The molecule has 1 fully saturated rings. The Morgan fingerprint density at radius 1 is 0.759 bits per heavy atom. The number of hydrogen-bond acceptors (Lipinski definition) is 6. The van der Waals surface area contributed by atoms with Crippen LogP contribution in [0.2, 0.25) is 0 Å². The first kappa shape index (κ1) is 26.3. The molecule has 0 aromatic rings. The first-order chi connectivity index (χ1) is 13.8. The van der Waals surface area contributed by atoms with Crippen LogP contribution in [0, 0.1) is 0 Å². The Bertz CT molecular complexity index is 445. The van der Waals surface area contributed by atoms with E-state index in [0.717, 1.165) is 19.3 Å². The molecule has 0 aromatic heterocycles. The number of aliphatic hydroxyl groups excluding tert-OH is 3. The van der Waals surface area contributed by atoms with E-state index in [4.69, 9.17) is 9.84 Å². The second-order valence-electron chi connectivity index (χ2n) is 8.49. The van der Waals surface area contributed by atoms with E-state index in [1.54, 1.807) is 0 Å². The summed E-state index contributed by atoms with van der Waals surface area (Å²) in [6, 6.07) is 0. The molecule has 0 spiro atoms. The molecule has 5 atom stereocenters. The molecule has 1 aliphatic rings. The molecule has 0 unspecified atom stereocenters. The van der Waals surface area contributed by atoms with Crippen LogP contribution in [0.4, 0.5) is 0 Å². The number of unbranched alkanes of at least 4 members (excludes halogenated alkanes) is 13. The molecule has 29 heavy (non-hydrogen) atoms. The van der Waals surface area contributed by atoms with Crippen LogP contribution < -0.4 is 0 Å². The van der Waals surface area contributed by atoms with Crippen molar-refractivity contribution in [1.29, 1.82) is 0 Å². The molecule has 0 aliphatic carbocycles. The molecule has 172 valence electrons. The van der Waals surface area contributed by atoms with Gasteiger partial charge in [-0.05, 0) is 6.42 Å². The fraction of sp³-hybridized carbons (Fsp3) is 0.955. The summed E-state index contributed by atoms with van der Waals surface area (Å²) >= 11 is 0. The molecular formula is C22H42O7. The molecule has 7 nitrogen and oxygen atoms in total. The highest BCUT2D eigenvalue weighted by Crippen LogP contribution is 2.32. The number of hydrogen-bond donors (Lipinski definition) is 5. The second kappa shape index (κ2) is 14.3. The van der Waals surface area contributed by atoms with Crippen LogP contribution in [0.5, 0.6) is 0 Å². The molecule has 5 N–H and O–H groups in total. The minimum atomic E-state index is -2.15. The number of rotatable bonds is 16. The topological polar surface area (TPSA) is 127 Å². The van der Waals surface area contributed by atoms with E-state index in [-0.39, 0.29) is 6.42 Å². The Hall–Kier alpha value is -0.730. The summed E-state index contributed by atoms with van der Waals surface area (Å²) in [5.74, 6) is -3.64. The first-order valence-corrected chi connectivity index (χ1v) is 11.5. The van der Waals surface area contributed by atoms with E-state index in [1.807, 2.05) is 0 Å². The van der Waals surface area contributed by atoms with Crippen molar-refractivity contribution in [3.8, 4) is 0 Å². The van der Waals surface area contributed by atoms with Gasteiger partial charge >= 0.3 is 5.97 Å². The van der Waals surface area contributed by atoms with Crippen molar-refractivity contribution in [3.63, 3.8) is 0 Å². The minimum Gasteiger partial charge on any atom is -0.479 e. The Labute approximate surface area is 175 Å². The molecule has 0 saturated carbocycles. The van der Waals surface area contributed by atoms with Crippen molar-refractivity contribution >= 4 is 5.97 Å². The van der Waals surface area contributed by atoms with Gasteiger partial charge in [-0.15, -0.1) is 0 Å². The van der Waals surface area contributed by atoms with Gasteiger partial charge in [0.15, 0.2) is 11.9 Å². The Morgan fingerprint density at radius 2 is 1.17 bits per heavy atom. The van der Waals surface area contributed by atoms with Crippen LogP contribution >= 0.6 is 0 Å². The van der Waals surface area contributed by atoms with Gasteiger partial charge in [0.25, 0.3) is 0 Å². The first-order valence-electron chi connectivity index (χ1n) is 11.5. The molecule has 1 heterocycles. The lowest BCUT2D eigenvalue weighted by molar-refractivity contribution is -0.343. The van der Waals surface area contributed by atoms with Gasteiger partial charge < -0.3 is 30.3 Å². The summed E-state index contributed by atoms with van der Waals surface area (Å²) < 4.78 is 5.04. The van der Waals surface area contributed by atoms with Crippen molar-refractivity contribution in [2.75, 3.05) is 0 Å². The Balaban J connectivity index is 2.08. The lowest BCUT2D eigenvalue weighted by Crippen LogP contribution is -2.66. The zero-order valence-electron chi connectivity index (χ0n) is 18.0. The van der Waals surface area contributed by atoms with Crippen molar-refractivity contribution in [1.82, 2.24) is 0 Å². The fourth-order valence-corrected chi connectivity index (χ4v) is 3.97. The van der Waals surface area contributed by atoms with Gasteiger partial charge in [0.05, 0.1) is 0 Å². The highest BCUT2D eigenvalue weighted by Gasteiger charge is 2.54. The van der Waals surface area contributed by atoms with Crippen LogP contribution in [-0.4, -0.2) is 61.7 Å². The Morgan fingerprint density at radius 3 is 1.59 bits per heavy atom. The van der Waals surface area contributed by atoms with E-state index in [2.05, 4.69) is 6.92 Å². The summed E-state index contributed by atoms with van der Waals surface area (Å²) in [5.41, 5.74) is 0. The normalized spacial score (nSPS) is 29.8.